The third kappa shape index (κ3) is 3.47. The Morgan fingerprint density at radius 2 is 1.34 bits per heavy atom. The Bertz CT molecular complexity index is 865. The predicted octanol–water partition coefficient (Wildman–Crippen LogP) is 5.77. The Labute approximate surface area is 192 Å². The van der Waals surface area contributed by atoms with Gasteiger partial charge in [-0.2, -0.15) is 0 Å². The molecular formula is C26H33O5P. The smallest absolute Gasteiger partial charge is 0.179 e. The molecule has 0 amide bonds. The average molecular weight is 457 g/mol. The van der Waals surface area contributed by atoms with E-state index < -0.39 is 30.2 Å². The van der Waals surface area contributed by atoms with Crippen molar-refractivity contribution in [1.29, 1.82) is 0 Å². The van der Waals surface area contributed by atoms with Gasteiger partial charge in [-0.05, 0) is 32.9 Å². The zero-order valence-corrected chi connectivity index (χ0v) is 20.0. The number of methoxy groups -OCH3 is 2. The van der Waals surface area contributed by atoms with E-state index >= 15 is 0 Å². The zero-order valence-electron chi connectivity index (χ0n) is 19.1. The minimum absolute atomic E-state index is 0.525. The predicted molar refractivity (Wildman–Crippen MR) is 129 cm³/mol. The number of hydrogen-bond acceptors (Lipinski definition) is 5. The second-order valence-corrected chi connectivity index (χ2v) is 11.5. The van der Waals surface area contributed by atoms with Gasteiger partial charge in [0.25, 0.3) is 0 Å². The molecule has 0 radical (unpaired) electrons. The van der Waals surface area contributed by atoms with E-state index in [-0.39, 0.29) is 0 Å². The Morgan fingerprint density at radius 3 is 1.78 bits per heavy atom. The van der Waals surface area contributed by atoms with Crippen LogP contribution in [0.25, 0.3) is 0 Å². The highest BCUT2D eigenvalue weighted by Gasteiger charge is 2.75. The van der Waals surface area contributed by atoms with Crippen LogP contribution in [-0.4, -0.2) is 36.5 Å². The van der Waals surface area contributed by atoms with Crippen molar-refractivity contribution in [2.75, 3.05) is 14.2 Å². The molecule has 0 N–H and O–H groups in total. The molecule has 0 aromatic heterocycles. The van der Waals surface area contributed by atoms with Gasteiger partial charge < -0.3 is 23.7 Å². The monoisotopic (exact) mass is 456 g/mol. The molecule has 0 spiro atoms. The second kappa shape index (κ2) is 8.46. The first kappa shape index (κ1) is 23.3. The molecule has 172 valence electrons. The normalized spacial score (nSPS) is 37.0. The fourth-order valence-corrected chi connectivity index (χ4v) is 9.93. The van der Waals surface area contributed by atoms with Crippen molar-refractivity contribution in [3.8, 4) is 11.5 Å². The van der Waals surface area contributed by atoms with Gasteiger partial charge in [-0.1, -0.05) is 24.3 Å². The van der Waals surface area contributed by atoms with Gasteiger partial charge in [0.2, 0.25) is 0 Å². The summed E-state index contributed by atoms with van der Waals surface area (Å²) in [7, 11) is 2.32. The molecule has 1 aromatic rings. The van der Waals surface area contributed by atoms with Gasteiger partial charge in [-0.15, -0.1) is 26.3 Å². The molecule has 4 fully saturated rings. The van der Waals surface area contributed by atoms with Crippen molar-refractivity contribution in [3.63, 3.8) is 0 Å². The SMILES string of the molecule is C=CCC12CC3(CC=C)OC(CC=C)(CC(CC=C)(O1)P3c1ccc(OC)cc1OC)O2. The molecule has 4 bridgehead atoms. The highest BCUT2D eigenvalue weighted by Crippen LogP contribution is 2.79. The molecule has 4 heterocycles. The molecule has 5 rings (SSSR count). The van der Waals surface area contributed by atoms with Crippen LogP contribution >= 0.6 is 7.92 Å². The van der Waals surface area contributed by atoms with Crippen LogP contribution in [-0.2, 0) is 14.2 Å². The van der Waals surface area contributed by atoms with Gasteiger partial charge >= 0.3 is 0 Å². The van der Waals surface area contributed by atoms with Gasteiger partial charge in [0, 0.05) is 37.1 Å². The van der Waals surface area contributed by atoms with E-state index in [1.807, 2.05) is 36.4 Å². The summed E-state index contributed by atoms with van der Waals surface area (Å²) in [5.41, 5.74) is 0. The van der Waals surface area contributed by atoms with Crippen molar-refractivity contribution in [1.82, 2.24) is 0 Å². The molecule has 4 atom stereocenters. The van der Waals surface area contributed by atoms with Crippen LogP contribution in [0, 0.1) is 0 Å². The topological polar surface area (TPSA) is 46.2 Å². The molecule has 0 aliphatic carbocycles. The van der Waals surface area contributed by atoms with Gasteiger partial charge in [-0.3, -0.25) is 0 Å². The van der Waals surface area contributed by atoms with E-state index in [4.69, 9.17) is 23.7 Å². The summed E-state index contributed by atoms with van der Waals surface area (Å²) in [4.78, 5) is 0. The van der Waals surface area contributed by atoms with Crippen molar-refractivity contribution in [2.45, 2.75) is 60.8 Å². The first-order chi connectivity index (χ1) is 15.4. The highest BCUT2D eigenvalue weighted by molar-refractivity contribution is 7.68. The summed E-state index contributed by atoms with van der Waals surface area (Å²) < 4.78 is 31.8. The maximum absolute atomic E-state index is 6.97. The summed E-state index contributed by atoms with van der Waals surface area (Å²) in [5, 5.41) is 0.0409. The Hall–Kier alpha value is -1.91. The molecule has 32 heavy (non-hydrogen) atoms. The number of rotatable bonds is 11. The largest absolute Gasteiger partial charge is 0.497 e. The zero-order chi connectivity index (χ0) is 23.0. The lowest BCUT2D eigenvalue weighted by Crippen LogP contribution is -2.74. The van der Waals surface area contributed by atoms with Gasteiger partial charge in [0.1, 0.15) is 22.2 Å². The lowest BCUT2D eigenvalue weighted by Gasteiger charge is -2.72. The summed E-state index contributed by atoms with van der Waals surface area (Å²) in [5.74, 6) is -0.0754. The van der Waals surface area contributed by atoms with Gasteiger partial charge in [0.15, 0.2) is 11.6 Å². The van der Waals surface area contributed by atoms with E-state index in [2.05, 4.69) is 32.4 Å². The van der Waals surface area contributed by atoms with Crippen LogP contribution in [0.3, 0.4) is 0 Å². The highest BCUT2D eigenvalue weighted by atomic mass is 31.1. The van der Waals surface area contributed by atoms with Crippen LogP contribution in [0.2, 0.25) is 0 Å². The summed E-state index contributed by atoms with van der Waals surface area (Å²) in [6, 6.07) is 6.00. The molecule has 4 aliphatic rings. The average Bonchev–Trinajstić information content (AvgIpc) is 2.73. The van der Waals surface area contributed by atoms with Gasteiger partial charge in [-0.25, -0.2) is 0 Å². The summed E-state index contributed by atoms with van der Waals surface area (Å²) in [6.45, 7) is 16.1. The Kier molecular flexibility index (Phi) is 6.15. The van der Waals surface area contributed by atoms with E-state index in [0.717, 1.165) is 16.8 Å². The second-order valence-electron chi connectivity index (χ2n) is 8.72. The van der Waals surface area contributed by atoms with Crippen LogP contribution in [0.1, 0.15) is 38.5 Å². The molecular weight excluding hydrogens is 423 g/mol. The lowest BCUT2D eigenvalue weighted by molar-refractivity contribution is -0.479. The maximum Gasteiger partial charge on any atom is 0.179 e. The van der Waals surface area contributed by atoms with Crippen LogP contribution in [0.15, 0.2) is 68.8 Å². The Morgan fingerprint density at radius 1 is 0.812 bits per heavy atom. The van der Waals surface area contributed by atoms with Crippen molar-refractivity contribution >= 4 is 13.2 Å². The molecule has 6 heteroatoms. The maximum atomic E-state index is 6.97. The minimum atomic E-state index is -1.03. The molecule has 4 saturated heterocycles. The van der Waals surface area contributed by atoms with E-state index in [1.165, 1.54) is 0 Å². The third-order valence-corrected chi connectivity index (χ3v) is 9.84. The van der Waals surface area contributed by atoms with Gasteiger partial charge in [0.05, 0.1) is 14.2 Å². The van der Waals surface area contributed by atoms with Crippen LogP contribution in [0.4, 0.5) is 0 Å². The Balaban J connectivity index is 1.96. The molecule has 1 aromatic carbocycles. The molecule has 4 unspecified atom stereocenters. The molecule has 4 aliphatic heterocycles. The fourth-order valence-electron chi connectivity index (χ4n) is 5.77. The summed E-state index contributed by atoms with van der Waals surface area (Å²) in [6.07, 6.45) is 11.3. The fraction of sp³-hybridized carbons (Fsp3) is 0.462. The van der Waals surface area contributed by atoms with E-state index in [9.17, 15) is 0 Å². The first-order valence-electron chi connectivity index (χ1n) is 11.0. The first-order valence-corrected chi connectivity index (χ1v) is 12.3. The van der Waals surface area contributed by atoms with Crippen molar-refractivity contribution in [3.05, 3.63) is 68.8 Å². The number of benzene rings is 1. The minimum Gasteiger partial charge on any atom is -0.497 e. The summed E-state index contributed by atoms with van der Waals surface area (Å²) >= 11 is 0. The quantitative estimate of drug-likeness (QED) is 0.312. The number of ether oxygens (including phenoxy) is 5. The van der Waals surface area contributed by atoms with Crippen LogP contribution in [0.5, 0.6) is 11.5 Å². The molecule has 5 nitrogen and oxygen atoms in total. The van der Waals surface area contributed by atoms with Crippen molar-refractivity contribution < 1.29 is 23.7 Å². The van der Waals surface area contributed by atoms with Crippen molar-refractivity contribution in [2.24, 2.45) is 0 Å². The van der Waals surface area contributed by atoms with E-state index in [0.29, 0.717) is 38.5 Å². The third-order valence-electron chi connectivity index (χ3n) is 6.50. The molecule has 0 saturated carbocycles. The lowest BCUT2D eigenvalue weighted by atomic mass is 9.89. The van der Waals surface area contributed by atoms with Crippen LogP contribution < -0.4 is 14.8 Å². The standard InChI is InChI=1S/C26H33O5P/c1-7-13-23-18-25(15-9-3)31-24(29-23,14-8-2)19-26(30-23,16-10-4)32(25)22-12-11-20(27-5)17-21(22)28-6/h7-12,17H,1-4,13-16,18-19H2,5-6H3. The number of hydrogen-bond donors (Lipinski definition) is 0. The van der Waals surface area contributed by atoms with E-state index in [1.54, 1.807) is 14.2 Å².